The van der Waals surface area contributed by atoms with Crippen molar-refractivity contribution in [1.82, 2.24) is 0 Å². The zero-order chi connectivity index (χ0) is 14.9. The van der Waals surface area contributed by atoms with Crippen molar-refractivity contribution in [2.24, 2.45) is 0 Å². The number of para-hydroxylation sites is 1. The van der Waals surface area contributed by atoms with Crippen LogP contribution in [0.25, 0.3) is 21.9 Å². The van der Waals surface area contributed by atoms with E-state index in [1.54, 1.807) is 0 Å². The van der Waals surface area contributed by atoms with Crippen LogP contribution in [0.5, 0.6) is 5.75 Å². The van der Waals surface area contributed by atoms with Crippen LogP contribution in [0.4, 0.5) is 0 Å². The molecule has 0 atom stereocenters. The second kappa shape index (κ2) is 5.23. The van der Waals surface area contributed by atoms with Gasteiger partial charge in [0.05, 0.1) is 0 Å². The van der Waals surface area contributed by atoms with E-state index < -0.39 is 0 Å². The van der Waals surface area contributed by atoms with Gasteiger partial charge in [0, 0.05) is 10.8 Å². The lowest BCUT2D eigenvalue weighted by atomic mass is 10.1. The molecule has 1 aromatic heterocycles. The highest BCUT2D eigenvalue weighted by atomic mass is 16.5. The average Bonchev–Trinajstić information content (AvgIpc) is 2.92. The Morgan fingerprint density at radius 2 is 1.59 bits per heavy atom. The van der Waals surface area contributed by atoms with Gasteiger partial charge in [-0.05, 0) is 42.3 Å². The zero-order valence-electron chi connectivity index (χ0n) is 12.4. The normalized spacial score (nSPS) is 11.1. The van der Waals surface area contributed by atoms with Gasteiger partial charge in [0.25, 0.3) is 0 Å². The Bertz CT molecular complexity index is 950. The van der Waals surface area contributed by atoms with Crippen molar-refractivity contribution < 1.29 is 9.15 Å². The van der Waals surface area contributed by atoms with Crippen LogP contribution in [-0.2, 0) is 6.61 Å². The first-order valence-corrected chi connectivity index (χ1v) is 7.40. The topological polar surface area (TPSA) is 22.4 Å². The van der Waals surface area contributed by atoms with Crippen LogP contribution in [0.1, 0.15) is 11.1 Å². The monoisotopic (exact) mass is 288 g/mol. The SMILES string of the molecule is Cc1ccccc1COc1ccc2oc3ccccc3c2c1. The Balaban J connectivity index is 1.67. The second-order valence-corrected chi connectivity index (χ2v) is 5.47. The molecule has 0 aliphatic carbocycles. The van der Waals surface area contributed by atoms with E-state index in [0.717, 1.165) is 27.7 Å². The number of rotatable bonds is 3. The summed E-state index contributed by atoms with van der Waals surface area (Å²) in [4.78, 5) is 0. The van der Waals surface area contributed by atoms with Crippen molar-refractivity contribution in [1.29, 1.82) is 0 Å². The van der Waals surface area contributed by atoms with Gasteiger partial charge >= 0.3 is 0 Å². The predicted molar refractivity (Wildman–Crippen MR) is 89.2 cm³/mol. The van der Waals surface area contributed by atoms with Crippen molar-refractivity contribution >= 4 is 21.9 Å². The van der Waals surface area contributed by atoms with Gasteiger partial charge in [-0.3, -0.25) is 0 Å². The third kappa shape index (κ3) is 2.23. The summed E-state index contributed by atoms with van der Waals surface area (Å²) in [6, 6.07) is 22.4. The van der Waals surface area contributed by atoms with Crippen LogP contribution in [0.15, 0.2) is 71.1 Å². The van der Waals surface area contributed by atoms with Gasteiger partial charge in [0.2, 0.25) is 0 Å². The maximum absolute atomic E-state index is 5.96. The Hall–Kier alpha value is -2.74. The molecule has 2 nitrogen and oxygen atoms in total. The molecule has 4 rings (SSSR count). The summed E-state index contributed by atoms with van der Waals surface area (Å²) in [5.41, 5.74) is 4.26. The number of fused-ring (bicyclic) bond motifs is 3. The van der Waals surface area contributed by atoms with E-state index in [2.05, 4.69) is 31.2 Å². The minimum Gasteiger partial charge on any atom is -0.489 e. The Labute approximate surface area is 128 Å². The number of hydrogen-bond acceptors (Lipinski definition) is 2. The fraction of sp³-hybridized carbons (Fsp3) is 0.100. The van der Waals surface area contributed by atoms with Crippen molar-refractivity contribution in [3.05, 3.63) is 77.9 Å². The molecule has 2 heteroatoms. The van der Waals surface area contributed by atoms with E-state index in [0.29, 0.717) is 6.61 Å². The van der Waals surface area contributed by atoms with E-state index in [1.807, 2.05) is 42.5 Å². The molecule has 1 heterocycles. The lowest BCUT2D eigenvalue weighted by Crippen LogP contribution is -1.97. The summed E-state index contributed by atoms with van der Waals surface area (Å²) in [6.07, 6.45) is 0. The number of furan rings is 1. The van der Waals surface area contributed by atoms with Gasteiger partial charge in [-0.2, -0.15) is 0 Å². The van der Waals surface area contributed by atoms with Crippen molar-refractivity contribution in [2.75, 3.05) is 0 Å². The molecule has 0 fully saturated rings. The standard InChI is InChI=1S/C20H16O2/c1-14-6-2-3-7-15(14)13-21-16-10-11-20-18(12-16)17-8-4-5-9-19(17)22-20/h2-12H,13H2,1H3. The summed E-state index contributed by atoms with van der Waals surface area (Å²) in [5, 5.41) is 2.22. The van der Waals surface area contributed by atoms with Gasteiger partial charge in [0.15, 0.2) is 0 Å². The Kier molecular flexibility index (Phi) is 3.08. The average molecular weight is 288 g/mol. The van der Waals surface area contributed by atoms with Crippen LogP contribution in [0.2, 0.25) is 0 Å². The zero-order valence-corrected chi connectivity index (χ0v) is 12.4. The molecule has 22 heavy (non-hydrogen) atoms. The van der Waals surface area contributed by atoms with Gasteiger partial charge in [-0.15, -0.1) is 0 Å². The van der Waals surface area contributed by atoms with E-state index in [-0.39, 0.29) is 0 Å². The molecule has 0 spiro atoms. The van der Waals surface area contributed by atoms with Gasteiger partial charge in [-0.1, -0.05) is 42.5 Å². The number of benzene rings is 3. The first-order valence-electron chi connectivity index (χ1n) is 7.40. The molecule has 0 saturated carbocycles. The van der Waals surface area contributed by atoms with E-state index in [9.17, 15) is 0 Å². The summed E-state index contributed by atoms with van der Waals surface area (Å²) in [7, 11) is 0. The molecule has 0 amide bonds. The smallest absolute Gasteiger partial charge is 0.135 e. The summed E-state index contributed by atoms with van der Waals surface area (Å²) >= 11 is 0. The fourth-order valence-corrected chi connectivity index (χ4v) is 2.73. The molecule has 0 aliphatic rings. The van der Waals surface area contributed by atoms with Crippen molar-refractivity contribution in [2.45, 2.75) is 13.5 Å². The van der Waals surface area contributed by atoms with E-state index in [1.165, 1.54) is 11.1 Å². The molecular formula is C20H16O2. The van der Waals surface area contributed by atoms with Crippen molar-refractivity contribution in [3.8, 4) is 5.75 Å². The molecule has 4 aromatic rings. The van der Waals surface area contributed by atoms with Gasteiger partial charge in [-0.25, -0.2) is 0 Å². The molecule has 0 saturated heterocycles. The predicted octanol–water partition coefficient (Wildman–Crippen LogP) is 5.47. The molecule has 0 aliphatic heterocycles. The lowest BCUT2D eigenvalue weighted by molar-refractivity contribution is 0.306. The molecule has 0 bridgehead atoms. The second-order valence-electron chi connectivity index (χ2n) is 5.47. The van der Waals surface area contributed by atoms with Crippen LogP contribution in [0, 0.1) is 6.92 Å². The van der Waals surface area contributed by atoms with Crippen LogP contribution >= 0.6 is 0 Å². The third-order valence-electron chi connectivity index (χ3n) is 4.00. The maximum atomic E-state index is 5.96. The number of ether oxygens (including phenoxy) is 1. The summed E-state index contributed by atoms with van der Waals surface area (Å²) in [5.74, 6) is 0.863. The maximum Gasteiger partial charge on any atom is 0.135 e. The number of aryl methyl sites for hydroxylation is 1. The van der Waals surface area contributed by atoms with E-state index >= 15 is 0 Å². The third-order valence-corrected chi connectivity index (χ3v) is 4.00. The van der Waals surface area contributed by atoms with Crippen LogP contribution in [0.3, 0.4) is 0 Å². The van der Waals surface area contributed by atoms with Gasteiger partial charge in [0.1, 0.15) is 23.5 Å². The van der Waals surface area contributed by atoms with Crippen molar-refractivity contribution in [3.63, 3.8) is 0 Å². The minimum atomic E-state index is 0.577. The highest BCUT2D eigenvalue weighted by molar-refractivity contribution is 6.05. The Morgan fingerprint density at radius 1 is 0.818 bits per heavy atom. The fourth-order valence-electron chi connectivity index (χ4n) is 2.73. The summed E-state index contributed by atoms with van der Waals surface area (Å²) in [6.45, 7) is 2.68. The highest BCUT2D eigenvalue weighted by Gasteiger charge is 2.07. The molecule has 108 valence electrons. The molecule has 0 N–H and O–H groups in total. The molecule has 0 radical (unpaired) electrons. The minimum absolute atomic E-state index is 0.577. The van der Waals surface area contributed by atoms with E-state index in [4.69, 9.17) is 9.15 Å². The largest absolute Gasteiger partial charge is 0.489 e. The number of hydrogen-bond donors (Lipinski definition) is 0. The highest BCUT2D eigenvalue weighted by Crippen LogP contribution is 2.31. The molecular weight excluding hydrogens is 272 g/mol. The van der Waals surface area contributed by atoms with Gasteiger partial charge < -0.3 is 9.15 Å². The Morgan fingerprint density at radius 3 is 2.50 bits per heavy atom. The molecule has 0 unspecified atom stereocenters. The lowest BCUT2D eigenvalue weighted by Gasteiger charge is -2.08. The molecule has 3 aromatic carbocycles. The quantitative estimate of drug-likeness (QED) is 0.498. The first kappa shape index (κ1) is 13.0. The first-order chi connectivity index (χ1) is 10.8. The van der Waals surface area contributed by atoms with Crippen LogP contribution in [-0.4, -0.2) is 0 Å². The summed E-state index contributed by atoms with van der Waals surface area (Å²) < 4.78 is 11.8. The van der Waals surface area contributed by atoms with Crippen LogP contribution < -0.4 is 4.74 Å².